The van der Waals surface area contributed by atoms with Crippen LogP contribution in [0.4, 0.5) is 0 Å². The van der Waals surface area contributed by atoms with Crippen LogP contribution in [0.25, 0.3) is 11.3 Å². The van der Waals surface area contributed by atoms with Gasteiger partial charge in [-0.2, -0.15) is 0 Å². The topological polar surface area (TPSA) is 75.8 Å². The van der Waals surface area contributed by atoms with Gasteiger partial charge in [0.05, 0.1) is 0 Å². The van der Waals surface area contributed by atoms with E-state index in [1.165, 1.54) is 6.07 Å². The summed E-state index contributed by atoms with van der Waals surface area (Å²) in [6.45, 7) is 2.03. The lowest BCUT2D eigenvalue weighted by Crippen LogP contribution is -2.35. The Balaban J connectivity index is 1.81. The van der Waals surface area contributed by atoms with Crippen molar-refractivity contribution in [1.29, 1.82) is 0 Å². The summed E-state index contributed by atoms with van der Waals surface area (Å²) in [5.41, 5.74) is 1.22. The maximum absolute atomic E-state index is 10.9. The first kappa shape index (κ1) is 14.6. The Morgan fingerprint density at radius 3 is 2.77 bits per heavy atom. The molecule has 1 aromatic heterocycles. The molecule has 3 rings (SSSR count). The number of carbonyl (C=O) groups is 1. The highest BCUT2D eigenvalue weighted by Crippen LogP contribution is 2.31. The summed E-state index contributed by atoms with van der Waals surface area (Å²) in [6, 6.07) is 8.91. The van der Waals surface area contributed by atoms with Gasteiger partial charge in [0.1, 0.15) is 17.5 Å². The highest BCUT2D eigenvalue weighted by atomic mass is 16.5. The number of para-hydroxylation sites is 1. The van der Waals surface area contributed by atoms with E-state index in [1.54, 1.807) is 0 Å². The zero-order valence-electron chi connectivity index (χ0n) is 12.4. The summed E-state index contributed by atoms with van der Waals surface area (Å²) in [5.74, 6) is -0.598. The van der Waals surface area contributed by atoms with E-state index in [4.69, 9.17) is 14.4 Å². The fourth-order valence-electron chi connectivity index (χ4n) is 2.57. The largest absolute Gasteiger partial charge is 0.490 e. The molecule has 0 bridgehead atoms. The highest BCUT2D eigenvalue weighted by molar-refractivity contribution is 5.86. The molecule has 0 amide bonds. The Morgan fingerprint density at radius 1 is 1.36 bits per heavy atom. The predicted molar refractivity (Wildman–Crippen MR) is 80.0 cm³/mol. The zero-order chi connectivity index (χ0) is 15.5. The SMILES string of the molecule is CN1CCC(Oc2ccccc2-c2cc(C(=O)O)on2)CC1. The molecule has 116 valence electrons. The number of benzene rings is 1. The monoisotopic (exact) mass is 302 g/mol. The summed E-state index contributed by atoms with van der Waals surface area (Å²) in [4.78, 5) is 13.2. The molecule has 22 heavy (non-hydrogen) atoms. The summed E-state index contributed by atoms with van der Waals surface area (Å²) >= 11 is 0. The minimum atomic E-state index is -1.13. The number of aromatic carboxylic acids is 1. The van der Waals surface area contributed by atoms with Crippen molar-refractivity contribution in [1.82, 2.24) is 10.1 Å². The molecule has 6 heteroatoms. The Hall–Kier alpha value is -2.34. The van der Waals surface area contributed by atoms with Crippen LogP contribution in [0.5, 0.6) is 5.75 Å². The molecule has 1 aliphatic heterocycles. The Kier molecular flexibility index (Phi) is 4.11. The number of nitrogens with zero attached hydrogens (tertiary/aromatic N) is 2. The number of hydrogen-bond acceptors (Lipinski definition) is 5. The lowest BCUT2D eigenvalue weighted by molar-refractivity contribution is 0.0652. The molecule has 0 aliphatic carbocycles. The van der Waals surface area contributed by atoms with Crippen LogP contribution in [0.15, 0.2) is 34.9 Å². The van der Waals surface area contributed by atoms with Crippen molar-refractivity contribution >= 4 is 5.97 Å². The third-order valence-electron chi connectivity index (χ3n) is 3.84. The van der Waals surface area contributed by atoms with Gasteiger partial charge >= 0.3 is 5.97 Å². The van der Waals surface area contributed by atoms with Crippen LogP contribution in [0.3, 0.4) is 0 Å². The van der Waals surface area contributed by atoms with Crippen molar-refractivity contribution in [2.24, 2.45) is 0 Å². The first-order valence-electron chi connectivity index (χ1n) is 7.28. The molecule has 2 aromatic rings. The average molecular weight is 302 g/mol. The van der Waals surface area contributed by atoms with Crippen LogP contribution in [-0.4, -0.2) is 47.4 Å². The number of carboxylic acids is 1. The molecule has 1 fully saturated rings. The number of ether oxygens (including phenoxy) is 1. The van der Waals surface area contributed by atoms with Gasteiger partial charge in [0, 0.05) is 24.7 Å². The molecule has 0 spiro atoms. The standard InChI is InChI=1S/C16H18N2O4/c1-18-8-6-11(7-9-18)21-14-5-3-2-4-12(14)13-10-15(16(19)20)22-17-13/h2-5,10-11H,6-9H2,1H3,(H,19,20). The Morgan fingerprint density at radius 2 is 2.09 bits per heavy atom. The predicted octanol–water partition coefficient (Wildman–Crippen LogP) is 2.51. The minimum Gasteiger partial charge on any atom is -0.490 e. The summed E-state index contributed by atoms with van der Waals surface area (Å²) < 4.78 is 10.9. The van der Waals surface area contributed by atoms with Crippen LogP contribution < -0.4 is 4.74 Å². The van der Waals surface area contributed by atoms with Gasteiger partial charge in [0.2, 0.25) is 5.76 Å². The first-order chi connectivity index (χ1) is 10.6. The van der Waals surface area contributed by atoms with Crippen molar-refractivity contribution in [3.05, 3.63) is 36.1 Å². The van der Waals surface area contributed by atoms with E-state index in [2.05, 4.69) is 17.1 Å². The van der Waals surface area contributed by atoms with Crippen molar-refractivity contribution in [2.45, 2.75) is 18.9 Å². The molecular formula is C16H18N2O4. The quantitative estimate of drug-likeness (QED) is 0.935. The van der Waals surface area contributed by atoms with Crippen molar-refractivity contribution in [3.63, 3.8) is 0 Å². The number of carboxylic acid groups (broad SMARTS) is 1. The van der Waals surface area contributed by atoms with E-state index in [0.29, 0.717) is 11.4 Å². The molecule has 6 nitrogen and oxygen atoms in total. The van der Waals surface area contributed by atoms with Crippen molar-refractivity contribution in [3.8, 4) is 17.0 Å². The molecule has 1 aromatic carbocycles. The second-order valence-corrected chi connectivity index (χ2v) is 5.50. The second kappa shape index (κ2) is 6.19. The van der Waals surface area contributed by atoms with Crippen molar-refractivity contribution in [2.75, 3.05) is 20.1 Å². The van der Waals surface area contributed by atoms with E-state index in [0.717, 1.165) is 31.5 Å². The Bertz CT molecular complexity index is 660. The fraction of sp³-hybridized carbons (Fsp3) is 0.375. The summed E-state index contributed by atoms with van der Waals surface area (Å²) in [5, 5.41) is 12.8. The molecule has 1 saturated heterocycles. The van der Waals surface area contributed by atoms with E-state index < -0.39 is 5.97 Å². The third kappa shape index (κ3) is 3.12. The number of likely N-dealkylation sites (tertiary alicyclic amines) is 1. The van der Waals surface area contributed by atoms with Gasteiger partial charge in [-0.05, 0) is 32.0 Å². The molecule has 1 aliphatic rings. The van der Waals surface area contributed by atoms with E-state index in [9.17, 15) is 4.79 Å². The van der Waals surface area contributed by atoms with Crippen LogP contribution in [0.1, 0.15) is 23.4 Å². The number of piperidine rings is 1. The van der Waals surface area contributed by atoms with Gasteiger partial charge in [-0.25, -0.2) is 4.79 Å². The van der Waals surface area contributed by atoms with E-state index in [-0.39, 0.29) is 11.9 Å². The molecule has 0 unspecified atom stereocenters. The van der Waals surface area contributed by atoms with Gasteiger partial charge in [-0.1, -0.05) is 17.3 Å². The van der Waals surface area contributed by atoms with Crippen LogP contribution >= 0.6 is 0 Å². The molecule has 0 radical (unpaired) electrons. The van der Waals surface area contributed by atoms with Gasteiger partial charge < -0.3 is 19.3 Å². The van der Waals surface area contributed by atoms with Gasteiger partial charge in [-0.15, -0.1) is 0 Å². The minimum absolute atomic E-state index is 0.170. The molecule has 0 saturated carbocycles. The molecule has 1 N–H and O–H groups in total. The number of hydrogen-bond donors (Lipinski definition) is 1. The third-order valence-corrected chi connectivity index (χ3v) is 3.84. The first-order valence-corrected chi connectivity index (χ1v) is 7.28. The summed E-state index contributed by atoms with van der Waals surface area (Å²) in [7, 11) is 2.10. The van der Waals surface area contributed by atoms with Gasteiger partial charge in [0.25, 0.3) is 0 Å². The lowest BCUT2D eigenvalue weighted by Gasteiger charge is -2.29. The normalized spacial score (nSPS) is 16.6. The summed E-state index contributed by atoms with van der Waals surface area (Å²) in [6.07, 6.45) is 2.12. The molecule has 0 atom stereocenters. The average Bonchev–Trinajstić information content (AvgIpc) is 3.00. The van der Waals surface area contributed by atoms with Crippen LogP contribution in [-0.2, 0) is 0 Å². The lowest BCUT2D eigenvalue weighted by atomic mass is 10.1. The zero-order valence-corrected chi connectivity index (χ0v) is 12.4. The highest BCUT2D eigenvalue weighted by Gasteiger charge is 2.21. The maximum atomic E-state index is 10.9. The fourth-order valence-corrected chi connectivity index (χ4v) is 2.57. The van der Waals surface area contributed by atoms with Gasteiger partial charge in [0.15, 0.2) is 0 Å². The van der Waals surface area contributed by atoms with E-state index in [1.807, 2.05) is 24.3 Å². The molecular weight excluding hydrogens is 284 g/mol. The van der Waals surface area contributed by atoms with Crippen molar-refractivity contribution < 1.29 is 19.2 Å². The molecule has 2 heterocycles. The van der Waals surface area contributed by atoms with Crippen LogP contribution in [0, 0.1) is 0 Å². The Labute approximate surface area is 128 Å². The smallest absolute Gasteiger partial charge is 0.374 e. The van der Waals surface area contributed by atoms with E-state index >= 15 is 0 Å². The maximum Gasteiger partial charge on any atom is 0.374 e. The van der Waals surface area contributed by atoms with Crippen LogP contribution in [0.2, 0.25) is 0 Å². The number of aromatic nitrogens is 1. The second-order valence-electron chi connectivity index (χ2n) is 5.50. The number of rotatable bonds is 4. The van der Waals surface area contributed by atoms with Gasteiger partial charge in [-0.3, -0.25) is 0 Å².